The molecule has 0 aliphatic heterocycles. The van der Waals surface area contributed by atoms with Crippen LogP contribution in [-0.4, -0.2) is 14.0 Å². The highest BCUT2D eigenvalue weighted by molar-refractivity contribution is 6.24. The molecule has 0 amide bonds. The Kier molecular flexibility index (Phi) is 3.86. The summed E-state index contributed by atoms with van der Waals surface area (Å²) >= 11 is 0. The smallest absolute Gasteiger partial charge is 0.147 e. The number of aromatic nitrogens is 3. The maximum Gasteiger partial charge on any atom is 0.147 e. The molecule has 0 radical (unpaired) electrons. The van der Waals surface area contributed by atoms with Crippen LogP contribution in [0.1, 0.15) is 25.0 Å². The summed E-state index contributed by atoms with van der Waals surface area (Å²) < 4.78 is 4.88. The molecule has 9 rings (SSSR count). The number of hydrogen-bond donors (Lipinski definition) is 0. The minimum Gasteiger partial charge on any atom is -0.294 e. The highest BCUT2D eigenvalue weighted by Gasteiger charge is 2.37. The molecular weight excluding hydrogens is 474 g/mol. The van der Waals surface area contributed by atoms with Gasteiger partial charge in [0, 0.05) is 27.1 Å². The van der Waals surface area contributed by atoms with Crippen molar-refractivity contribution < 1.29 is 0 Å². The van der Waals surface area contributed by atoms with E-state index in [2.05, 4.69) is 138 Å². The third-order valence-corrected chi connectivity index (χ3v) is 8.89. The number of hydrogen-bond acceptors (Lipinski definition) is 1. The van der Waals surface area contributed by atoms with Crippen LogP contribution in [0.4, 0.5) is 0 Å². The van der Waals surface area contributed by atoms with Gasteiger partial charge in [-0.05, 0) is 46.3 Å². The fourth-order valence-corrected chi connectivity index (χ4v) is 7.19. The predicted molar refractivity (Wildman–Crippen MR) is 162 cm³/mol. The number of rotatable bonds is 1. The minimum atomic E-state index is -0.0651. The van der Waals surface area contributed by atoms with Gasteiger partial charge in [0.25, 0.3) is 0 Å². The lowest BCUT2D eigenvalue weighted by atomic mass is 9.82. The fraction of sp³-hybridized carbons (Fsp3) is 0.0833. The van der Waals surface area contributed by atoms with Crippen molar-refractivity contribution in [3.05, 3.63) is 126 Å². The van der Waals surface area contributed by atoms with Gasteiger partial charge in [0.1, 0.15) is 11.3 Å². The van der Waals surface area contributed by atoms with E-state index in [0.717, 1.165) is 22.3 Å². The van der Waals surface area contributed by atoms with Crippen LogP contribution in [0.15, 0.2) is 115 Å². The Labute approximate surface area is 225 Å². The van der Waals surface area contributed by atoms with E-state index in [1.807, 2.05) is 0 Å². The first-order valence-corrected chi connectivity index (χ1v) is 13.6. The van der Waals surface area contributed by atoms with Gasteiger partial charge in [-0.25, -0.2) is 4.98 Å². The average molecular weight is 500 g/mol. The molecular formula is C36H25N3. The molecule has 0 bridgehead atoms. The minimum absolute atomic E-state index is 0.0651. The molecule has 184 valence electrons. The molecule has 1 aliphatic rings. The normalized spacial score (nSPS) is 14.1. The van der Waals surface area contributed by atoms with E-state index in [1.54, 1.807) is 0 Å². The Morgan fingerprint density at radius 3 is 2.13 bits per heavy atom. The molecule has 1 aliphatic carbocycles. The van der Waals surface area contributed by atoms with Crippen molar-refractivity contribution in [2.45, 2.75) is 19.3 Å². The van der Waals surface area contributed by atoms with Crippen molar-refractivity contribution in [3.8, 4) is 16.8 Å². The molecule has 0 saturated carbocycles. The zero-order valence-electron chi connectivity index (χ0n) is 21.8. The molecule has 8 aromatic rings. The summed E-state index contributed by atoms with van der Waals surface area (Å²) in [6, 6.07) is 41.8. The van der Waals surface area contributed by atoms with Crippen LogP contribution in [-0.2, 0) is 5.41 Å². The Morgan fingerprint density at radius 2 is 1.26 bits per heavy atom. The fourth-order valence-electron chi connectivity index (χ4n) is 7.19. The zero-order chi connectivity index (χ0) is 25.9. The van der Waals surface area contributed by atoms with E-state index in [-0.39, 0.29) is 5.41 Å². The van der Waals surface area contributed by atoms with E-state index in [0.29, 0.717) is 0 Å². The Hall–Kier alpha value is -4.89. The van der Waals surface area contributed by atoms with E-state index in [1.165, 1.54) is 55.0 Å². The van der Waals surface area contributed by atoms with E-state index >= 15 is 0 Å². The quantitative estimate of drug-likeness (QED) is 0.221. The first kappa shape index (κ1) is 21.1. The lowest BCUT2D eigenvalue weighted by Crippen LogP contribution is -2.15. The third kappa shape index (κ3) is 2.50. The lowest BCUT2D eigenvalue weighted by Gasteiger charge is -2.22. The van der Waals surface area contributed by atoms with Crippen molar-refractivity contribution in [2.75, 3.05) is 0 Å². The number of nitrogens with zero attached hydrogens (tertiary/aromatic N) is 3. The van der Waals surface area contributed by atoms with Crippen LogP contribution in [0.2, 0.25) is 0 Å². The van der Waals surface area contributed by atoms with Gasteiger partial charge in [-0.3, -0.25) is 8.97 Å². The maximum absolute atomic E-state index is 5.18. The summed E-state index contributed by atoms with van der Waals surface area (Å²) in [6.07, 6.45) is 0. The van der Waals surface area contributed by atoms with Crippen LogP contribution in [0.25, 0.3) is 66.2 Å². The highest BCUT2D eigenvalue weighted by atomic mass is 15.1. The Balaban J connectivity index is 1.59. The van der Waals surface area contributed by atoms with Crippen molar-refractivity contribution in [3.63, 3.8) is 0 Å². The van der Waals surface area contributed by atoms with Gasteiger partial charge >= 0.3 is 0 Å². The van der Waals surface area contributed by atoms with Crippen molar-refractivity contribution in [1.82, 2.24) is 14.0 Å². The molecule has 5 aromatic carbocycles. The van der Waals surface area contributed by atoms with Crippen LogP contribution in [0.5, 0.6) is 0 Å². The van der Waals surface area contributed by atoms with Gasteiger partial charge in [0.05, 0.1) is 22.2 Å². The molecule has 39 heavy (non-hydrogen) atoms. The summed E-state index contributed by atoms with van der Waals surface area (Å²) in [4.78, 5) is 5.18. The van der Waals surface area contributed by atoms with Crippen molar-refractivity contribution in [2.24, 2.45) is 0 Å². The van der Waals surface area contributed by atoms with Crippen LogP contribution in [0, 0.1) is 0 Å². The molecule has 0 saturated heterocycles. The van der Waals surface area contributed by atoms with Crippen LogP contribution in [0.3, 0.4) is 0 Å². The summed E-state index contributed by atoms with van der Waals surface area (Å²) in [5, 5.41) is 4.93. The van der Waals surface area contributed by atoms with Gasteiger partial charge in [-0.2, -0.15) is 0 Å². The second kappa shape index (κ2) is 7.15. The highest BCUT2D eigenvalue weighted by Crippen LogP contribution is 2.52. The van der Waals surface area contributed by atoms with Gasteiger partial charge in [-0.1, -0.05) is 105 Å². The predicted octanol–water partition coefficient (Wildman–Crippen LogP) is 9.04. The van der Waals surface area contributed by atoms with E-state index < -0.39 is 0 Å². The van der Waals surface area contributed by atoms with Gasteiger partial charge < -0.3 is 0 Å². The molecule has 3 nitrogen and oxygen atoms in total. The molecule has 3 aromatic heterocycles. The van der Waals surface area contributed by atoms with Crippen LogP contribution < -0.4 is 0 Å². The SMILES string of the molecule is CC1(C)c2ccccc2-c2c(-n3c4ccccc4c4c5ccccc5c5nc6ccccc6n5c43)cccc21. The third-order valence-electron chi connectivity index (χ3n) is 8.89. The number of imidazole rings is 1. The molecule has 0 fully saturated rings. The number of benzene rings is 5. The lowest BCUT2D eigenvalue weighted by molar-refractivity contribution is 0.660. The average Bonchev–Trinajstić information content (AvgIpc) is 3.60. The second-order valence-corrected chi connectivity index (χ2v) is 11.2. The molecule has 0 spiro atoms. The molecule has 3 heteroatoms. The van der Waals surface area contributed by atoms with E-state index in [4.69, 9.17) is 4.98 Å². The van der Waals surface area contributed by atoms with Gasteiger partial charge in [-0.15, -0.1) is 0 Å². The molecule has 0 unspecified atom stereocenters. The number of fused-ring (bicyclic) bond motifs is 13. The van der Waals surface area contributed by atoms with Gasteiger partial charge in [0.15, 0.2) is 0 Å². The maximum atomic E-state index is 5.18. The first-order valence-electron chi connectivity index (χ1n) is 13.6. The second-order valence-electron chi connectivity index (χ2n) is 11.2. The van der Waals surface area contributed by atoms with Crippen LogP contribution >= 0.6 is 0 Å². The Bertz CT molecular complexity index is 2310. The van der Waals surface area contributed by atoms with Crippen molar-refractivity contribution >= 4 is 49.4 Å². The van der Waals surface area contributed by atoms with Gasteiger partial charge in [0.2, 0.25) is 0 Å². The first-order chi connectivity index (χ1) is 19.1. The number of para-hydroxylation sites is 3. The summed E-state index contributed by atoms with van der Waals surface area (Å²) in [6.45, 7) is 4.70. The summed E-state index contributed by atoms with van der Waals surface area (Å²) in [7, 11) is 0. The monoisotopic (exact) mass is 499 g/mol. The molecule has 3 heterocycles. The largest absolute Gasteiger partial charge is 0.294 e. The molecule has 0 N–H and O–H groups in total. The van der Waals surface area contributed by atoms with E-state index in [9.17, 15) is 0 Å². The number of pyridine rings is 1. The molecule has 0 atom stereocenters. The zero-order valence-corrected chi connectivity index (χ0v) is 21.8. The Morgan fingerprint density at radius 1 is 0.590 bits per heavy atom. The summed E-state index contributed by atoms with van der Waals surface area (Å²) in [5.41, 5.74) is 12.1. The topological polar surface area (TPSA) is 22.2 Å². The van der Waals surface area contributed by atoms with Crippen molar-refractivity contribution in [1.29, 1.82) is 0 Å². The summed E-state index contributed by atoms with van der Waals surface area (Å²) in [5.74, 6) is 0. The standard InChI is InChI=1S/C36H25N3/c1-36(2)26-16-7-5-14-24(26)33-27(36)17-11-21-31(33)38-29-19-9-6-15-25(29)32-22-12-3-4-13-23(22)34-37-28-18-8-10-20-30(28)39(34)35(32)38/h3-21H,1-2H3.